The zero-order chi connectivity index (χ0) is 20.3. The van der Waals surface area contributed by atoms with Gasteiger partial charge in [0, 0.05) is 18.8 Å². The zero-order valence-corrected chi connectivity index (χ0v) is 19.7. The minimum Gasteiger partial charge on any atom is -0.301 e. The minimum absolute atomic E-state index is 0.257. The maximum absolute atomic E-state index is 6.28. The van der Waals surface area contributed by atoms with Crippen LogP contribution in [0.2, 0.25) is 0 Å². The molecule has 0 spiro atoms. The number of aliphatic imine (C=N–C) groups is 1. The molecule has 28 heavy (non-hydrogen) atoms. The summed E-state index contributed by atoms with van der Waals surface area (Å²) in [6.45, 7) is 15.6. The molecule has 3 aliphatic rings. The number of likely N-dealkylation sites (tertiary alicyclic amines) is 1. The molecule has 0 N–H and O–H groups in total. The van der Waals surface area contributed by atoms with E-state index in [1.807, 2.05) is 0 Å². The van der Waals surface area contributed by atoms with Crippen LogP contribution in [0.1, 0.15) is 79.6 Å². The van der Waals surface area contributed by atoms with Crippen molar-refractivity contribution < 1.29 is 0 Å². The van der Waals surface area contributed by atoms with Gasteiger partial charge in [-0.1, -0.05) is 46.8 Å². The predicted octanol–water partition coefficient (Wildman–Crippen LogP) is 6.58. The van der Waals surface area contributed by atoms with Gasteiger partial charge in [-0.3, -0.25) is 4.99 Å². The van der Waals surface area contributed by atoms with Crippen molar-refractivity contribution in [2.45, 2.75) is 91.0 Å². The van der Waals surface area contributed by atoms with E-state index >= 15 is 0 Å². The maximum Gasteiger partial charge on any atom is 0.0648 e. The van der Waals surface area contributed by atoms with Gasteiger partial charge >= 0.3 is 0 Å². The van der Waals surface area contributed by atoms with Crippen LogP contribution in [-0.4, -0.2) is 41.7 Å². The summed E-state index contributed by atoms with van der Waals surface area (Å²) in [5.41, 5.74) is 1.86. The van der Waals surface area contributed by atoms with Gasteiger partial charge in [0.2, 0.25) is 0 Å². The molecule has 0 aromatic carbocycles. The highest BCUT2D eigenvalue weighted by molar-refractivity contribution is 6.21. The van der Waals surface area contributed by atoms with E-state index in [1.165, 1.54) is 57.3 Å². The highest BCUT2D eigenvalue weighted by Crippen LogP contribution is 2.43. The Morgan fingerprint density at radius 2 is 1.96 bits per heavy atom. The van der Waals surface area contributed by atoms with Crippen LogP contribution < -0.4 is 0 Å². The Kier molecular flexibility index (Phi) is 7.70. The van der Waals surface area contributed by atoms with Gasteiger partial charge in [-0.05, 0) is 80.6 Å². The molecule has 5 atom stereocenters. The fraction of sp³-hybridized carbons (Fsp3) is 0.880. The summed E-state index contributed by atoms with van der Waals surface area (Å²) in [6.07, 6.45) is 13.6. The van der Waals surface area contributed by atoms with E-state index in [0.29, 0.717) is 17.4 Å². The minimum atomic E-state index is 0.257. The second-order valence-corrected chi connectivity index (χ2v) is 11.5. The van der Waals surface area contributed by atoms with Gasteiger partial charge in [0.05, 0.1) is 11.4 Å². The first-order valence-corrected chi connectivity index (χ1v) is 12.3. The lowest BCUT2D eigenvalue weighted by atomic mass is 9.65. The number of rotatable bonds is 5. The van der Waals surface area contributed by atoms with E-state index in [0.717, 1.165) is 30.7 Å². The van der Waals surface area contributed by atoms with Crippen molar-refractivity contribution in [2.24, 2.45) is 34.1 Å². The third-order valence-corrected chi connectivity index (χ3v) is 7.92. The Morgan fingerprint density at radius 3 is 2.57 bits per heavy atom. The third kappa shape index (κ3) is 5.85. The van der Waals surface area contributed by atoms with E-state index < -0.39 is 0 Å². The smallest absolute Gasteiger partial charge is 0.0648 e. The molecule has 1 heterocycles. The lowest BCUT2D eigenvalue weighted by Crippen LogP contribution is -2.50. The van der Waals surface area contributed by atoms with E-state index in [1.54, 1.807) is 0 Å². The van der Waals surface area contributed by atoms with E-state index in [2.05, 4.69) is 51.7 Å². The summed E-state index contributed by atoms with van der Waals surface area (Å²) in [7, 11) is 0. The van der Waals surface area contributed by atoms with Crippen molar-refractivity contribution in [2.75, 3.05) is 19.6 Å². The number of hydrogen-bond donors (Lipinski definition) is 0. The number of allylic oxidation sites excluding steroid dienone is 2. The number of piperidine rings is 1. The predicted molar refractivity (Wildman–Crippen MR) is 124 cm³/mol. The average Bonchev–Trinajstić information content (AvgIpc) is 2.61. The van der Waals surface area contributed by atoms with E-state index in [-0.39, 0.29) is 5.38 Å². The summed E-state index contributed by atoms with van der Waals surface area (Å²) in [5.74, 6) is 2.95. The third-order valence-electron chi connectivity index (χ3n) is 7.56. The van der Waals surface area contributed by atoms with E-state index in [4.69, 9.17) is 16.6 Å². The molecule has 0 radical (unpaired) electrons. The number of nitrogens with zero attached hydrogens (tertiary/aromatic N) is 2. The molecular weight excluding hydrogens is 364 g/mol. The van der Waals surface area contributed by atoms with Gasteiger partial charge < -0.3 is 4.90 Å². The van der Waals surface area contributed by atoms with Gasteiger partial charge in [-0.2, -0.15) is 0 Å². The van der Waals surface area contributed by atoms with Crippen LogP contribution in [-0.2, 0) is 0 Å². The monoisotopic (exact) mass is 406 g/mol. The first kappa shape index (κ1) is 22.3. The molecule has 160 valence electrons. The Hall–Kier alpha value is -0.340. The van der Waals surface area contributed by atoms with Crippen LogP contribution >= 0.6 is 11.6 Å². The topological polar surface area (TPSA) is 15.6 Å². The Bertz CT molecular complexity index is 565. The first-order valence-electron chi connectivity index (χ1n) is 11.8. The zero-order valence-electron chi connectivity index (χ0n) is 19.0. The molecule has 0 amide bonds. The van der Waals surface area contributed by atoms with Crippen molar-refractivity contribution in [3.05, 3.63) is 12.2 Å². The summed E-state index contributed by atoms with van der Waals surface area (Å²) in [4.78, 5) is 8.01. The van der Waals surface area contributed by atoms with Gasteiger partial charge in [-0.25, -0.2) is 0 Å². The van der Waals surface area contributed by atoms with Crippen LogP contribution in [0.3, 0.4) is 0 Å². The highest BCUT2D eigenvalue weighted by Gasteiger charge is 2.40. The number of halogens is 1. The van der Waals surface area contributed by atoms with Gasteiger partial charge in [-0.15, -0.1) is 11.6 Å². The van der Waals surface area contributed by atoms with Gasteiger partial charge in [0.25, 0.3) is 0 Å². The molecule has 0 aromatic rings. The fourth-order valence-corrected chi connectivity index (χ4v) is 6.07. The largest absolute Gasteiger partial charge is 0.301 e. The summed E-state index contributed by atoms with van der Waals surface area (Å²) >= 11 is 6.28. The molecule has 2 aliphatic carbocycles. The Labute approximate surface area is 179 Å². The fourth-order valence-electron chi connectivity index (χ4n) is 5.86. The molecule has 3 rings (SSSR count). The second-order valence-electron chi connectivity index (χ2n) is 11.0. The molecule has 2 fully saturated rings. The quantitative estimate of drug-likeness (QED) is 0.371. The van der Waals surface area contributed by atoms with Crippen molar-refractivity contribution >= 4 is 17.3 Å². The lowest BCUT2D eigenvalue weighted by molar-refractivity contribution is 0.0245. The molecule has 2 nitrogen and oxygen atoms in total. The highest BCUT2D eigenvalue weighted by atomic mass is 35.5. The van der Waals surface area contributed by atoms with Crippen molar-refractivity contribution in [1.82, 2.24) is 4.90 Å². The normalized spacial score (nSPS) is 36.8. The van der Waals surface area contributed by atoms with Crippen molar-refractivity contribution in [3.63, 3.8) is 0 Å². The van der Waals surface area contributed by atoms with Crippen LogP contribution in [0.4, 0.5) is 0 Å². The Morgan fingerprint density at radius 1 is 1.18 bits per heavy atom. The summed E-state index contributed by atoms with van der Waals surface area (Å²) in [5, 5.41) is 0.257. The van der Waals surface area contributed by atoms with Gasteiger partial charge in [0.15, 0.2) is 0 Å². The van der Waals surface area contributed by atoms with Crippen LogP contribution in [0.15, 0.2) is 17.1 Å². The molecule has 1 saturated heterocycles. The van der Waals surface area contributed by atoms with Crippen LogP contribution in [0, 0.1) is 29.1 Å². The molecule has 0 aromatic heterocycles. The molecule has 3 unspecified atom stereocenters. The molecule has 1 aliphatic heterocycles. The summed E-state index contributed by atoms with van der Waals surface area (Å²) in [6, 6.07) is 0.458. The maximum atomic E-state index is 6.28. The second kappa shape index (κ2) is 9.65. The molecule has 0 bridgehead atoms. The lowest BCUT2D eigenvalue weighted by Gasteiger charge is -2.48. The van der Waals surface area contributed by atoms with Crippen molar-refractivity contribution in [1.29, 1.82) is 0 Å². The molecule has 3 heteroatoms. The van der Waals surface area contributed by atoms with Crippen molar-refractivity contribution in [3.8, 4) is 0 Å². The standard InChI is InChI=1S/C25H43ClN2/c1-18(2)24(27-22-8-6-7-19(3)15-22)16-28-14-13-23(25(4,5)17-28)20-9-11-21(26)12-10-20/h9,11,18-21,23-24H,6-8,10,12-17H2,1-5H3/t19?,20?,21?,23-,24+/m1/s1. The molecular formula is C25H43ClN2. The van der Waals surface area contributed by atoms with Gasteiger partial charge in [0.1, 0.15) is 0 Å². The average molecular weight is 407 g/mol. The summed E-state index contributed by atoms with van der Waals surface area (Å²) < 4.78 is 0. The molecule has 1 saturated carbocycles. The van der Waals surface area contributed by atoms with E-state index in [9.17, 15) is 0 Å². The number of hydrogen-bond acceptors (Lipinski definition) is 2. The Balaban J connectivity index is 1.61. The SMILES string of the molecule is CC1CCCC(=N[C@@H](CN2CC[C@H](C3C=CC(Cl)CC3)C(C)(C)C2)C(C)C)C1. The first-order chi connectivity index (χ1) is 13.2. The van der Waals surface area contributed by atoms with Crippen LogP contribution in [0.25, 0.3) is 0 Å². The van der Waals surface area contributed by atoms with Crippen LogP contribution in [0.5, 0.6) is 0 Å². The number of alkyl halides is 1.